The number of rotatable bonds is 11. The van der Waals surface area contributed by atoms with E-state index >= 15 is 0 Å². The van der Waals surface area contributed by atoms with Crippen LogP contribution in [0.15, 0.2) is 12.5 Å². The number of aliphatic hydroxyl groups is 1. The Morgan fingerprint density at radius 2 is 1.91 bits per heavy atom. The van der Waals surface area contributed by atoms with Crippen LogP contribution >= 0.6 is 0 Å². The standard InChI is InChI=1S/C25H44N4O4/c1-16(2)11-12-20(30)21(22(26)17-9-7-6-8-10-17)23(31)19(13-18-14-27-15-28-18)29-24(32)33-25(3,4)5/h14-17,19-22,30H,6-13,26H2,1-5H3,(H,27,28)(H,29,32)/t19-,20-,21+,22?/m0/s1. The van der Waals surface area contributed by atoms with Crippen LogP contribution in [0, 0.1) is 17.8 Å². The molecule has 1 aliphatic carbocycles. The van der Waals surface area contributed by atoms with Gasteiger partial charge in [-0.1, -0.05) is 33.1 Å². The van der Waals surface area contributed by atoms with Gasteiger partial charge in [-0.05, 0) is 58.3 Å². The molecule has 1 aromatic heterocycles. The van der Waals surface area contributed by atoms with E-state index in [1.165, 1.54) is 12.7 Å². The number of amides is 1. The SMILES string of the molecule is CC(C)CC[C@H](O)[C@@H](C(=O)[C@H](Cc1cnc[nH]1)NC(=O)OC(C)(C)C)C(N)C1CCCCC1. The Labute approximate surface area is 198 Å². The summed E-state index contributed by atoms with van der Waals surface area (Å²) < 4.78 is 5.41. The molecule has 0 saturated heterocycles. The first-order valence-corrected chi connectivity index (χ1v) is 12.4. The molecular formula is C25H44N4O4. The third-order valence-electron chi connectivity index (χ3n) is 6.40. The lowest BCUT2D eigenvalue weighted by atomic mass is 9.73. The molecule has 4 atom stereocenters. The number of H-pyrrole nitrogens is 1. The van der Waals surface area contributed by atoms with Crippen LogP contribution < -0.4 is 11.1 Å². The van der Waals surface area contributed by atoms with Crippen molar-refractivity contribution >= 4 is 11.9 Å². The third kappa shape index (κ3) is 9.08. The predicted molar refractivity (Wildman–Crippen MR) is 129 cm³/mol. The van der Waals surface area contributed by atoms with Crippen LogP contribution in [0.4, 0.5) is 4.79 Å². The van der Waals surface area contributed by atoms with Crippen LogP contribution in [0.5, 0.6) is 0 Å². The molecule has 0 radical (unpaired) electrons. The second kappa shape index (κ2) is 12.5. The number of nitrogens with two attached hydrogens (primary N) is 1. The lowest BCUT2D eigenvalue weighted by molar-refractivity contribution is -0.130. The van der Waals surface area contributed by atoms with Crippen LogP contribution in [0.2, 0.25) is 0 Å². The van der Waals surface area contributed by atoms with Crippen molar-refractivity contribution < 1.29 is 19.4 Å². The van der Waals surface area contributed by atoms with Crippen LogP contribution in [0.3, 0.4) is 0 Å². The number of ketones is 1. The van der Waals surface area contributed by atoms with Gasteiger partial charge in [0.25, 0.3) is 0 Å². The molecule has 1 aliphatic rings. The van der Waals surface area contributed by atoms with Gasteiger partial charge in [0.05, 0.1) is 24.4 Å². The topological polar surface area (TPSA) is 130 Å². The molecule has 0 aliphatic heterocycles. The van der Waals surface area contributed by atoms with Crippen LogP contribution in [-0.2, 0) is 16.0 Å². The number of nitrogens with zero attached hydrogens (tertiary/aromatic N) is 1. The second-order valence-corrected chi connectivity index (χ2v) is 10.9. The number of hydrogen-bond acceptors (Lipinski definition) is 6. The minimum atomic E-state index is -0.881. The lowest BCUT2D eigenvalue weighted by Crippen LogP contribution is -2.55. The van der Waals surface area contributed by atoms with Gasteiger partial charge < -0.3 is 25.9 Å². The quantitative estimate of drug-likeness (QED) is 0.395. The summed E-state index contributed by atoms with van der Waals surface area (Å²) in [4.78, 5) is 33.5. The number of aliphatic hydroxyl groups excluding tert-OH is 1. The zero-order valence-corrected chi connectivity index (χ0v) is 21.0. The second-order valence-electron chi connectivity index (χ2n) is 10.9. The molecule has 8 nitrogen and oxygen atoms in total. The fraction of sp³-hybridized carbons (Fsp3) is 0.800. The van der Waals surface area contributed by atoms with Crippen molar-refractivity contribution in [2.24, 2.45) is 23.5 Å². The summed E-state index contributed by atoms with van der Waals surface area (Å²) in [5.74, 6) is -0.405. The van der Waals surface area contributed by atoms with Gasteiger partial charge in [-0.25, -0.2) is 9.78 Å². The zero-order chi connectivity index (χ0) is 24.6. The minimum Gasteiger partial charge on any atom is -0.444 e. The maximum absolute atomic E-state index is 13.9. The number of hydrogen-bond donors (Lipinski definition) is 4. The highest BCUT2D eigenvalue weighted by molar-refractivity contribution is 5.90. The molecule has 0 bridgehead atoms. The monoisotopic (exact) mass is 464 g/mol. The number of carbonyl (C=O) groups excluding carboxylic acids is 2. The molecule has 1 amide bonds. The summed E-state index contributed by atoms with van der Waals surface area (Å²) in [6.45, 7) is 9.51. The molecule has 1 aromatic rings. The minimum absolute atomic E-state index is 0.190. The summed E-state index contributed by atoms with van der Waals surface area (Å²) in [7, 11) is 0. The van der Waals surface area contributed by atoms with E-state index in [1.54, 1.807) is 27.0 Å². The number of alkyl carbamates (subject to hydrolysis) is 1. The normalized spacial score (nSPS) is 19.0. The van der Waals surface area contributed by atoms with E-state index in [1.807, 2.05) is 0 Å². The summed E-state index contributed by atoms with van der Waals surface area (Å²) in [6.07, 6.45) is 8.45. The Morgan fingerprint density at radius 1 is 1.24 bits per heavy atom. The Morgan fingerprint density at radius 3 is 2.45 bits per heavy atom. The highest BCUT2D eigenvalue weighted by Gasteiger charge is 2.40. The molecule has 33 heavy (non-hydrogen) atoms. The molecule has 8 heteroatoms. The van der Waals surface area contributed by atoms with Gasteiger partial charge in [0, 0.05) is 24.4 Å². The number of aromatic amines is 1. The number of imidazole rings is 1. The molecule has 1 heterocycles. The van der Waals surface area contributed by atoms with E-state index in [2.05, 4.69) is 29.1 Å². The van der Waals surface area contributed by atoms with E-state index in [-0.39, 0.29) is 18.1 Å². The Kier molecular flexibility index (Phi) is 10.4. The van der Waals surface area contributed by atoms with Crippen molar-refractivity contribution in [2.45, 2.75) is 110 Å². The summed E-state index contributed by atoms with van der Waals surface area (Å²) in [5.41, 5.74) is 6.72. The average Bonchev–Trinajstić information content (AvgIpc) is 3.24. The van der Waals surface area contributed by atoms with Gasteiger partial charge in [-0.2, -0.15) is 0 Å². The van der Waals surface area contributed by atoms with Gasteiger partial charge >= 0.3 is 6.09 Å². The maximum atomic E-state index is 13.9. The largest absolute Gasteiger partial charge is 0.444 e. The van der Waals surface area contributed by atoms with Gasteiger partial charge in [0.2, 0.25) is 0 Å². The average molecular weight is 465 g/mol. The number of ether oxygens (including phenoxy) is 1. The van der Waals surface area contributed by atoms with Gasteiger partial charge in [0.15, 0.2) is 5.78 Å². The van der Waals surface area contributed by atoms with Crippen LogP contribution in [0.1, 0.15) is 85.3 Å². The van der Waals surface area contributed by atoms with Gasteiger partial charge in [-0.3, -0.25) is 4.79 Å². The molecule has 2 rings (SSSR count). The first-order valence-electron chi connectivity index (χ1n) is 12.4. The summed E-state index contributed by atoms with van der Waals surface area (Å²) in [6, 6.07) is -1.33. The van der Waals surface area contributed by atoms with Gasteiger partial charge in [0.1, 0.15) is 5.60 Å². The van der Waals surface area contributed by atoms with Crippen molar-refractivity contribution in [1.29, 1.82) is 0 Å². The van der Waals surface area contributed by atoms with E-state index in [9.17, 15) is 14.7 Å². The molecule has 1 saturated carbocycles. The Balaban J connectivity index is 2.28. The number of aromatic nitrogens is 2. The van der Waals surface area contributed by atoms with Crippen molar-refractivity contribution in [3.8, 4) is 0 Å². The smallest absolute Gasteiger partial charge is 0.408 e. The highest BCUT2D eigenvalue weighted by Crippen LogP contribution is 2.32. The predicted octanol–water partition coefficient (Wildman–Crippen LogP) is 3.74. The molecule has 1 unspecified atom stereocenters. The fourth-order valence-corrected chi connectivity index (χ4v) is 4.65. The summed E-state index contributed by atoms with van der Waals surface area (Å²) in [5, 5.41) is 13.9. The number of Topliss-reactive ketones (excluding diaryl/α,β-unsaturated/α-hetero) is 1. The number of nitrogens with one attached hydrogen (secondary N) is 2. The Hall–Kier alpha value is -1.93. The van der Waals surface area contributed by atoms with Crippen LogP contribution in [0.25, 0.3) is 0 Å². The van der Waals surface area contributed by atoms with E-state index in [0.717, 1.165) is 32.1 Å². The first-order chi connectivity index (χ1) is 15.5. The highest BCUT2D eigenvalue weighted by atomic mass is 16.6. The fourth-order valence-electron chi connectivity index (χ4n) is 4.65. The van der Waals surface area contributed by atoms with E-state index in [0.29, 0.717) is 18.0 Å². The third-order valence-corrected chi connectivity index (χ3v) is 6.40. The molecular weight excluding hydrogens is 420 g/mol. The molecule has 5 N–H and O–H groups in total. The molecule has 1 fully saturated rings. The lowest BCUT2D eigenvalue weighted by Gasteiger charge is -2.37. The van der Waals surface area contributed by atoms with E-state index < -0.39 is 35.8 Å². The van der Waals surface area contributed by atoms with Crippen molar-refractivity contribution in [3.05, 3.63) is 18.2 Å². The van der Waals surface area contributed by atoms with E-state index in [4.69, 9.17) is 10.5 Å². The zero-order valence-electron chi connectivity index (χ0n) is 21.0. The first kappa shape index (κ1) is 27.3. The van der Waals surface area contributed by atoms with Crippen molar-refractivity contribution in [2.75, 3.05) is 0 Å². The van der Waals surface area contributed by atoms with Gasteiger partial charge in [-0.15, -0.1) is 0 Å². The molecule has 188 valence electrons. The molecule has 0 aromatic carbocycles. The number of carbonyl (C=O) groups is 2. The van der Waals surface area contributed by atoms with Crippen molar-refractivity contribution in [3.63, 3.8) is 0 Å². The van der Waals surface area contributed by atoms with Crippen LogP contribution in [-0.4, -0.2) is 50.7 Å². The maximum Gasteiger partial charge on any atom is 0.408 e. The summed E-state index contributed by atoms with van der Waals surface area (Å²) >= 11 is 0. The molecule has 0 spiro atoms. The Bertz CT molecular complexity index is 723. The van der Waals surface area contributed by atoms with Crippen molar-refractivity contribution in [1.82, 2.24) is 15.3 Å².